The fraction of sp³-hybridized carbons (Fsp3) is 0.417. The summed E-state index contributed by atoms with van der Waals surface area (Å²) >= 11 is 0. The Morgan fingerprint density at radius 2 is 1.82 bits per heavy atom. The van der Waals surface area contributed by atoms with Gasteiger partial charge in [0.05, 0.1) is 10.6 Å². The number of carbonyl (C=O) groups excluding carboxylic acids is 1. The summed E-state index contributed by atoms with van der Waals surface area (Å²) < 4.78 is 23.7. The van der Waals surface area contributed by atoms with E-state index in [-0.39, 0.29) is 29.0 Å². The zero-order valence-corrected chi connectivity index (χ0v) is 10.8. The molecule has 1 amide bonds. The summed E-state index contributed by atoms with van der Waals surface area (Å²) in [6.07, 6.45) is -0.00456. The molecule has 0 saturated heterocycles. The number of sulfone groups is 1. The third-order valence-corrected chi connectivity index (χ3v) is 3.88. The maximum Gasteiger partial charge on any atom is 0.221 e. The fourth-order valence-corrected chi connectivity index (χ4v) is 2.63. The molecule has 0 fully saturated rings. The van der Waals surface area contributed by atoms with Crippen molar-refractivity contribution in [1.29, 1.82) is 0 Å². The smallest absolute Gasteiger partial charge is 0.221 e. The largest absolute Gasteiger partial charge is 0.354 e. The Bertz CT molecular complexity index is 466. The van der Waals surface area contributed by atoms with E-state index in [0.717, 1.165) is 0 Å². The second-order valence-electron chi connectivity index (χ2n) is 4.10. The van der Waals surface area contributed by atoms with E-state index in [2.05, 4.69) is 5.32 Å². The van der Waals surface area contributed by atoms with E-state index >= 15 is 0 Å². The lowest BCUT2D eigenvalue weighted by molar-refractivity contribution is -0.121. The molecule has 1 aromatic carbocycles. The second kappa shape index (κ2) is 5.82. The molecular weight excluding hydrogens is 238 g/mol. The maximum atomic E-state index is 11.8. The predicted octanol–water partition coefficient (Wildman–Crippen LogP) is 1.37. The summed E-state index contributed by atoms with van der Waals surface area (Å²) in [5, 5.41) is 2.66. The molecule has 0 aromatic heterocycles. The Kier molecular flexibility index (Phi) is 4.69. The normalized spacial score (nSPS) is 11.5. The van der Waals surface area contributed by atoms with E-state index in [4.69, 9.17) is 0 Å². The van der Waals surface area contributed by atoms with Crippen molar-refractivity contribution in [3.8, 4) is 0 Å². The van der Waals surface area contributed by atoms with Crippen molar-refractivity contribution < 1.29 is 13.2 Å². The molecule has 1 aromatic rings. The van der Waals surface area contributed by atoms with E-state index < -0.39 is 9.84 Å². The molecule has 0 spiro atoms. The van der Waals surface area contributed by atoms with Crippen molar-refractivity contribution in [2.45, 2.75) is 31.2 Å². The highest BCUT2D eigenvalue weighted by Gasteiger charge is 2.16. The molecule has 4 nitrogen and oxygen atoms in total. The standard InChI is InChI=1S/C12H17NO3S/c1-10(2)13-12(14)8-9-17(15,16)11-6-4-3-5-7-11/h3-7,10H,8-9H2,1-2H3,(H,13,14). The lowest BCUT2D eigenvalue weighted by Crippen LogP contribution is -2.31. The average molecular weight is 255 g/mol. The third kappa shape index (κ3) is 4.56. The first-order valence-corrected chi connectivity index (χ1v) is 7.14. The van der Waals surface area contributed by atoms with Crippen LogP contribution in [0.2, 0.25) is 0 Å². The number of benzene rings is 1. The highest BCUT2D eigenvalue weighted by molar-refractivity contribution is 7.91. The minimum absolute atomic E-state index is 0.00456. The van der Waals surface area contributed by atoms with Crippen molar-refractivity contribution in [2.24, 2.45) is 0 Å². The van der Waals surface area contributed by atoms with Gasteiger partial charge in [0.25, 0.3) is 0 Å². The van der Waals surface area contributed by atoms with E-state index in [1.807, 2.05) is 13.8 Å². The summed E-state index contributed by atoms with van der Waals surface area (Å²) in [4.78, 5) is 11.6. The molecule has 0 saturated carbocycles. The van der Waals surface area contributed by atoms with Crippen LogP contribution in [-0.4, -0.2) is 26.1 Å². The van der Waals surface area contributed by atoms with Crippen molar-refractivity contribution in [1.82, 2.24) is 5.32 Å². The summed E-state index contributed by atoms with van der Waals surface area (Å²) in [6.45, 7) is 3.67. The van der Waals surface area contributed by atoms with Crippen molar-refractivity contribution in [2.75, 3.05) is 5.75 Å². The molecule has 0 aliphatic carbocycles. The molecule has 17 heavy (non-hydrogen) atoms. The first-order valence-electron chi connectivity index (χ1n) is 5.49. The molecule has 0 radical (unpaired) electrons. The highest BCUT2D eigenvalue weighted by Crippen LogP contribution is 2.10. The first-order chi connectivity index (χ1) is 7.92. The number of carbonyl (C=O) groups is 1. The van der Waals surface area contributed by atoms with Crippen LogP contribution in [0.4, 0.5) is 0 Å². The number of hydrogen-bond donors (Lipinski definition) is 1. The van der Waals surface area contributed by atoms with Gasteiger partial charge in [-0.15, -0.1) is 0 Å². The van der Waals surface area contributed by atoms with E-state index in [1.165, 1.54) is 12.1 Å². The maximum absolute atomic E-state index is 11.8. The molecule has 1 N–H and O–H groups in total. The van der Waals surface area contributed by atoms with Crippen LogP contribution in [0.3, 0.4) is 0 Å². The van der Waals surface area contributed by atoms with Crippen LogP contribution in [0, 0.1) is 0 Å². The van der Waals surface area contributed by atoms with Gasteiger partial charge in [0.2, 0.25) is 5.91 Å². The summed E-state index contributed by atoms with van der Waals surface area (Å²) in [5.41, 5.74) is 0. The van der Waals surface area contributed by atoms with Crippen LogP contribution in [0.25, 0.3) is 0 Å². The monoisotopic (exact) mass is 255 g/mol. The van der Waals surface area contributed by atoms with Crippen molar-refractivity contribution in [3.63, 3.8) is 0 Å². The number of hydrogen-bond acceptors (Lipinski definition) is 3. The topological polar surface area (TPSA) is 63.2 Å². The molecule has 1 rings (SSSR count). The molecule has 0 heterocycles. The lowest BCUT2D eigenvalue weighted by atomic mass is 10.3. The number of amides is 1. The Hall–Kier alpha value is -1.36. The van der Waals surface area contributed by atoms with Gasteiger partial charge in [0.1, 0.15) is 0 Å². The summed E-state index contributed by atoms with van der Waals surface area (Å²) in [6, 6.07) is 8.19. The highest BCUT2D eigenvalue weighted by atomic mass is 32.2. The van der Waals surface area contributed by atoms with E-state index in [0.29, 0.717) is 0 Å². The van der Waals surface area contributed by atoms with Crippen LogP contribution < -0.4 is 5.32 Å². The summed E-state index contributed by atoms with van der Waals surface area (Å²) in [5.74, 6) is -0.394. The van der Waals surface area contributed by atoms with Crippen molar-refractivity contribution >= 4 is 15.7 Å². The molecular formula is C12H17NO3S. The third-order valence-electron chi connectivity index (χ3n) is 2.15. The molecule has 0 unspecified atom stereocenters. The van der Waals surface area contributed by atoms with Crippen LogP contribution in [0.5, 0.6) is 0 Å². The van der Waals surface area contributed by atoms with Gasteiger partial charge in [-0.2, -0.15) is 0 Å². The molecule has 0 aliphatic rings. The van der Waals surface area contributed by atoms with Gasteiger partial charge >= 0.3 is 0 Å². The minimum Gasteiger partial charge on any atom is -0.354 e. The number of rotatable bonds is 5. The molecule has 5 heteroatoms. The van der Waals surface area contributed by atoms with Gasteiger partial charge in [-0.05, 0) is 26.0 Å². The van der Waals surface area contributed by atoms with Gasteiger partial charge in [-0.1, -0.05) is 18.2 Å². The molecule has 0 aliphatic heterocycles. The Balaban J connectivity index is 2.60. The quantitative estimate of drug-likeness (QED) is 0.864. The predicted molar refractivity (Wildman–Crippen MR) is 66.4 cm³/mol. The first kappa shape index (κ1) is 13.7. The number of nitrogens with one attached hydrogen (secondary N) is 1. The average Bonchev–Trinajstić information content (AvgIpc) is 2.27. The summed E-state index contributed by atoms with van der Waals surface area (Å²) in [7, 11) is -3.35. The molecule has 94 valence electrons. The SMILES string of the molecule is CC(C)NC(=O)CCS(=O)(=O)c1ccccc1. The molecule has 0 atom stereocenters. The zero-order valence-electron chi connectivity index (χ0n) is 10.0. The zero-order chi connectivity index (χ0) is 12.9. The van der Waals surface area contributed by atoms with Gasteiger partial charge in [-0.25, -0.2) is 8.42 Å². The van der Waals surface area contributed by atoms with Gasteiger partial charge in [-0.3, -0.25) is 4.79 Å². The Labute approximate surface area is 102 Å². The Morgan fingerprint density at radius 1 is 1.24 bits per heavy atom. The second-order valence-corrected chi connectivity index (χ2v) is 6.21. The molecule has 0 bridgehead atoms. The van der Waals surface area contributed by atoms with Crippen LogP contribution in [0.1, 0.15) is 20.3 Å². The van der Waals surface area contributed by atoms with Crippen molar-refractivity contribution in [3.05, 3.63) is 30.3 Å². The van der Waals surface area contributed by atoms with Crippen LogP contribution in [-0.2, 0) is 14.6 Å². The Morgan fingerprint density at radius 3 is 2.35 bits per heavy atom. The van der Waals surface area contributed by atoms with Gasteiger partial charge in [0.15, 0.2) is 9.84 Å². The van der Waals surface area contributed by atoms with E-state index in [1.54, 1.807) is 18.2 Å². The lowest BCUT2D eigenvalue weighted by Gasteiger charge is -2.08. The van der Waals surface area contributed by atoms with Crippen LogP contribution in [0.15, 0.2) is 35.2 Å². The van der Waals surface area contributed by atoms with Gasteiger partial charge < -0.3 is 5.32 Å². The minimum atomic E-state index is -3.35. The van der Waals surface area contributed by atoms with E-state index in [9.17, 15) is 13.2 Å². The van der Waals surface area contributed by atoms with Gasteiger partial charge in [0, 0.05) is 12.5 Å². The fourth-order valence-electron chi connectivity index (χ4n) is 1.37. The van der Waals surface area contributed by atoms with Crippen LogP contribution >= 0.6 is 0 Å².